The fourth-order valence-corrected chi connectivity index (χ4v) is 3.61. The third-order valence-electron chi connectivity index (χ3n) is 5.00. The average molecular weight is 301 g/mol. The van der Waals surface area contributed by atoms with Crippen molar-refractivity contribution in [2.45, 2.75) is 25.4 Å². The van der Waals surface area contributed by atoms with Crippen LogP contribution in [0.15, 0.2) is 30.3 Å². The zero-order valence-electron chi connectivity index (χ0n) is 13.7. The standard InChI is InChI=1S/C18H27N3O/c1-20(2)17-12-21(11-16(17)15-8-9-15)13-18(22)19-10-14-6-4-3-5-7-14/h3-7,15-17H,8-13H2,1-2H3,(H,19,22)/t16-,17+/m1/s1. The SMILES string of the molecule is CN(C)[C@H]1CN(CC(=O)NCc2ccccc2)C[C@@H]1C1CC1. The first-order valence-corrected chi connectivity index (χ1v) is 8.33. The maximum Gasteiger partial charge on any atom is 0.234 e. The van der Waals surface area contributed by atoms with Gasteiger partial charge in [0, 0.05) is 25.7 Å². The Labute approximate surface area is 133 Å². The third kappa shape index (κ3) is 3.87. The maximum atomic E-state index is 12.2. The summed E-state index contributed by atoms with van der Waals surface area (Å²) in [6.45, 7) is 3.25. The highest BCUT2D eigenvalue weighted by atomic mass is 16.2. The van der Waals surface area contributed by atoms with Crippen LogP contribution in [0.2, 0.25) is 0 Å². The predicted octanol–water partition coefficient (Wildman–Crippen LogP) is 1.57. The molecule has 2 aliphatic rings. The predicted molar refractivity (Wildman–Crippen MR) is 88.4 cm³/mol. The molecule has 1 aliphatic heterocycles. The van der Waals surface area contributed by atoms with Crippen LogP contribution < -0.4 is 5.32 Å². The summed E-state index contributed by atoms with van der Waals surface area (Å²) in [6.07, 6.45) is 2.76. The molecule has 4 nitrogen and oxygen atoms in total. The van der Waals surface area contributed by atoms with Crippen LogP contribution in [0.3, 0.4) is 0 Å². The molecule has 120 valence electrons. The summed E-state index contributed by atoms with van der Waals surface area (Å²) in [5.74, 6) is 1.78. The largest absolute Gasteiger partial charge is 0.351 e. The van der Waals surface area contributed by atoms with E-state index in [2.05, 4.69) is 29.2 Å². The number of likely N-dealkylation sites (N-methyl/N-ethyl adjacent to an activating group) is 1. The van der Waals surface area contributed by atoms with Crippen molar-refractivity contribution in [2.75, 3.05) is 33.7 Å². The number of benzene rings is 1. The van der Waals surface area contributed by atoms with Gasteiger partial charge in [0.25, 0.3) is 0 Å². The number of rotatable bonds is 6. The van der Waals surface area contributed by atoms with E-state index in [0.29, 0.717) is 19.1 Å². The van der Waals surface area contributed by atoms with Crippen LogP contribution in [0, 0.1) is 11.8 Å². The lowest BCUT2D eigenvalue weighted by molar-refractivity contribution is -0.122. The number of nitrogens with one attached hydrogen (secondary N) is 1. The Morgan fingerprint density at radius 3 is 2.59 bits per heavy atom. The number of amides is 1. The van der Waals surface area contributed by atoms with Gasteiger partial charge >= 0.3 is 0 Å². The van der Waals surface area contributed by atoms with Gasteiger partial charge in [-0.3, -0.25) is 9.69 Å². The van der Waals surface area contributed by atoms with E-state index in [1.165, 1.54) is 12.8 Å². The molecule has 0 bridgehead atoms. The van der Waals surface area contributed by atoms with E-state index in [1.54, 1.807) is 0 Å². The fraction of sp³-hybridized carbons (Fsp3) is 0.611. The highest BCUT2D eigenvalue weighted by molar-refractivity contribution is 5.78. The Kier molecular flexibility index (Phi) is 4.79. The topological polar surface area (TPSA) is 35.6 Å². The highest BCUT2D eigenvalue weighted by Crippen LogP contribution is 2.42. The molecule has 1 saturated heterocycles. The third-order valence-corrected chi connectivity index (χ3v) is 5.00. The monoisotopic (exact) mass is 301 g/mol. The quantitative estimate of drug-likeness (QED) is 0.866. The molecule has 1 heterocycles. The minimum atomic E-state index is 0.137. The molecule has 1 amide bonds. The number of hydrogen-bond donors (Lipinski definition) is 1. The summed E-state index contributed by atoms with van der Waals surface area (Å²) >= 11 is 0. The average Bonchev–Trinajstić information content (AvgIpc) is 3.27. The number of hydrogen-bond acceptors (Lipinski definition) is 3. The van der Waals surface area contributed by atoms with Gasteiger partial charge in [0.2, 0.25) is 5.91 Å². The first-order chi connectivity index (χ1) is 10.6. The molecule has 1 aromatic rings. The van der Waals surface area contributed by atoms with E-state index in [-0.39, 0.29) is 5.91 Å². The van der Waals surface area contributed by atoms with Crippen molar-refractivity contribution >= 4 is 5.91 Å². The number of carbonyl (C=O) groups excluding carboxylic acids is 1. The molecule has 1 saturated carbocycles. The Bertz CT molecular complexity index is 488. The molecule has 1 aliphatic carbocycles. The molecule has 2 fully saturated rings. The Balaban J connectivity index is 1.47. The Hall–Kier alpha value is -1.39. The van der Waals surface area contributed by atoms with Gasteiger partial charge in [-0.15, -0.1) is 0 Å². The van der Waals surface area contributed by atoms with Gasteiger partial charge in [0.1, 0.15) is 0 Å². The molecule has 0 aromatic heterocycles. The minimum Gasteiger partial charge on any atom is -0.351 e. The van der Waals surface area contributed by atoms with Crippen molar-refractivity contribution in [1.82, 2.24) is 15.1 Å². The van der Waals surface area contributed by atoms with Crippen molar-refractivity contribution in [1.29, 1.82) is 0 Å². The van der Waals surface area contributed by atoms with Gasteiger partial charge in [-0.1, -0.05) is 30.3 Å². The van der Waals surface area contributed by atoms with Gasteiger partial charge in [-0.05, 0) is 44.3 Å². The van der Waals surface area contributed by atoms with Crippen LogP contribution >= 0.6 is 0 Å². The van der Waals surface area contributed by atoms with Gasteiger partial charge in [0.15, 0.2) is 0 Å². The molecule has 4 heteroatoms. The highest BCUT2D eigenvalue weighted by Gasteiger charge is 2.43. The first kappa shape index (κ1) is 15.5. The fourth-order valence-electron chi connectivity index (χ4n) is 3.61. The molecule has 0 spiro atoms. The van der Waals surface area contributed by atoms with Gasteiger partial charge in [0.05, 0.1) is 6.54 Å². The zero-order valence-corrected chi connectivity index (χ0v) is 13.7. The number of nitrogens with zero attached hydrogens (tertiary/aromatic N) is 2. The van der Waals surface area contributed by atoms with Crippen LogP contribution in [0.25, 0.3) is 0 Å². The second-order valence-electron chi connectivity index (χ2n) is 6.99. The van der Waals surface area contributed by atoms with Gasteiger partial charge < -0.3 is 10.2 Å². The molecule has 1 aromatic carbocycles. The second-order valence-corrected chi connectivity index (χ2v) is 6.99. The Morgan fingerprint density at radius 1 is 1.23 bits per heavy atom. The van der Waals surface area contributed by atoms with E-state index >= 15 is 0 Å². The lowest BCUT2D eigenvalue weighted by atomic mass is 9.97. The van der Waals surface area contributed by atoms with Crippen LogP contribution in [0.4, 0.5) is 0 Å². The summed E-state index contributed by atoms with van der Waals surface area (Å²) < 4.78 is 0. The van der Waals surface area contributed by atoms with Crippen molar-refractivity contribution in [3.05, 3.63) is 35.9 Å². The number of carbonyl (C=O) groups is 1. The van der Waals surface area contributed by atoms with Crippen molar-refractivity contribution < 1.29 is 4.79 Å². The van der Waals surface area contributed by atoms with Crippen LogP contribution in [0.1, 0.15) is 18.4 Å². The van der Waals surface area contributed by atoms with E-state index in [0.717, 1.165) is 30.5 Å². The van der Waals surface area contributed by atoms with Gasteiger partial charge in [-0.25, -0.2) is 0 Å². The van der Waals surface area contributed by atoms with Gasteiger partial charge in [-0.2, -0.15) is 0 Å². The summed E-state index contributed by atoms with van der Waals surface area (Å²) in [5.41, 5.74) is 1.15. The lowest BCUT2D eigenvalue weighted by Crippen LogP contribution is -2.38. The first-order valence-electron chi connectivity index (χ1n) is 8.33. The molecule has 0 radical (unpaired) electrons. The summed E-state index contributed by atoms with van der Waals surface area (Å²) in [6, 6.07) is 10.7. The van der Waals surface area contributed by atoms with E-state index < -0.39 is 0 Å². The van der Waals surface area contributed by atoms with Crippen molar-refractivity contribution in [3.63, 3.8) is 0 Å². The number of likely N-dealkylation sites (tertiary alicyclic amines) is 1. The van der Waals surface area contributed by atoms with Crippen LogP contribution in [-0.2, 0) is 11.3 Å². The molecular weight excluding hydrogens is 274 g/mol. The second kappa shape index (κ2) is 6.80. The van der Waals surface area contributed by atoms with Crippen LogP contribution in [0.5, 0.6) is 0 Å². The van der Waals surface area contributed by atoms with Crippen molar-refractivity contribution in [3.8, 4) is 0 Å². The van der Waals surface area contributed by atoms with E-state index in [1.807, 2.05) is 30.3 Å². The lowest BCUT2D eigenvalue weighted by Gasteiger charge is -2.24. The normalized spacial score (nSPS) is 25.6. The molecule has 22 heavy (non-hydrogen) atoms. The van der Waals surface area contributed by atoms with E-state index in [9.17, 15) is 4.79 Å². The maximum absolute atomic E-state index is 12.2. The summed E-state index contributed by atoms with van der Waals surface area (Å²) in [4.78, 5) is 16.8. The Morgan fingerprint density at radius 2 is 1.95 bits per heavy atom. The molecule has 3 rings (SSSR count). The van der Waals surface area contributed by atoms with Crippen molar-refractivity contribution in [2.24, 2.45) is 11.8 Å². The zero-order chi connectivity index (χ0) is 15.5. The molecular formula is C18H27N3O. The molecule has 0 unspecified atom stereocenters. The molecule has 1 N–H and O–H groups in total. The summed E-state index contributed by atoms with van der Waals surface area (Å²) in [7, 11) is 4.33. The van der Waals surface area contributed by atoms with Crippen LogP contribution in [-0.4, -0.2) is 55.5 Å². The minimum absolute atomic E-state index is 0.137. The summed E-state index contributed by atoms with van der Waals surface area (Å²) in [5, 5.41) is 3.04. The van der Waals surface area contributed by atoms with E-state index in [4.69, 9.17) is 0 Å². The smallest absolute Gasteiger partial charge is 0.234 e. The molecule has 2 atom stereocenters.